The number of hydrogen-bond acceptors (Lipinski definition) is 2. The molecule has 2 N–H and O–H groups in total. The molecule has 0 aromatic heterocycles. The minimum Gasteiger partial charge on any atom is -0.332 e. The molecule has 0 aliphatic rings. The lowest BCUT2D eigenvalue weighted by molar-refractivity contribution is 0.0977. The number of carbonyl (C=O) groups is 1. The molecule has 0 bridgehead atoms. The smallest absolute Gasteiger partial charge is 0.257 e. The SMILES string of the molecule is CC(C)(C)c1ccc(C(=O)NC(=S)Nc2ccc(F)cc2)cc1Br. The van der Waals surface area contributed by atoms with Crippen LogP contribution >= 0.6 is 28.1 Å². The summed E-state index contributed by atoms with van der Waals surface area (Å²) in [6.45, 7) is 6.32. The Morgan fingerprint density at radius 3 is 2.29 bits per heavy atom. The van der Waals surface area contributed by atoms with Crippen molar-refractivity contribution in [3.05, 3.63) is 63.9 Å². The highest BCUT2D eigenvalue weighted by atomic mass is 79.9. The van der Waals surface area contributed by atoms with Gasteiger partial charge in [-0.05, 0) is 59.6 Å². The molecule has 0 fully saturated rings. The third-order valence-corrected chi connectivity index (χ3v) is 4.23. The summed E-state index contributed by atoms with van der Waals surface area (Å²) in [6.07, 6.45) is 0. The van der Waals surface area contributed by atoms with Crippen LogP contribution in [0.5, 0.6) is 0 Å². The molecular formula is C18H18BrFN2OS. The maximum absolute atomic E-state index is 12.9. The second-order valence-corrected chi connectivity index (χ2v) is 7.62. The Morgan fingerprint density at radius 1 is 1.12 bits per heavy atom. The van der Waals surface area contributed by atoms with E-state index in [1.165, 1.54) is 12.1 Å². The van der Waals surface area contributed by atoms with Gasteiger partial charge >= 0.3 is 0 Å². The Labute approximate surface area is 154 Å². The fourth-order valence-corrected chi connectivity index (χ4v) is 3.32. The summed E-state index contributed by atoms with van der Waals surface area (Å²) in [6, 6.07) is 11.2. The largest absolute Gasteiger partial charge is 0.332 e. The van der Waals surface area contributed by atoms with Crippen molar-refractivity contribution in [2.45, 2.75) is 26.2 Å². The summed E-state index contributed by atoms with van der Waals surface area (Å²) in [5.41, 5.74) is 2.20. The molecule has 0 atom stereocenters. The zero-order chi connectivity index (χ0) is 17.9. The van der Waals surface area contributed by atoms with Crippen molar-refractivity contribution in [2.24, 2.45) is 0 Å². The van der Waals surface area contributed by atoms with Crippen molar-refractivity contribution in [2.75, 3.05) is 5.32 Å². The molecule has 0 radical (unpaired) electrons. The third-order valence-electron chi connectivity index (χ3n) is 3.37. The van der Waals surface area contributed by atoms with Crippen LogP contribution < -0.4 is 10.6 Å². The van der Waals surface area contributed by atoms with Gasteiger partial charge in [0.1, 0.15) is 5.82 Å². The molecule has 2 rings (SSSR count). The Balaban J connectivity index is 2.05. The molecular weight excluding hydrogens is 391 g/mol. The highest BCUT2D eigenvalue weighted by molar-refractivity contribution is 9.10. The lowest BCUT2D eigenvalue weighted by Crippen LogP contribution is -2.34. The van der Waals surface area contributed by atoms with E-state index < -0.39 is 0 Å². The molecule has 0 unspecified atom stereocenters. The van der Waals surface area contributed by atoms with Gasteiger partial charge in [0.15, 0.2) is 5.11 Å². The summed E-state index contributed by atoms with van der Waals surface area (Å²) in [7, 11) is 0. The lowest BCUT2D eigenvalue weighted by atomic mass is 9.86. The van der Waals surface area contributed by atoms with Gasteiger partial charge in [0.2, 0.25) is 0 Å². The number of hydrogen-bond donors (Lipinski definition) is 2. The predicted octanol–water partition coefficient (Wildman–Crippen LogP) is 5.01. The topological polar surface area (TPSA) is 41.1 Å². The molecule has 0 aliphatic carbocycles. The summed E-state index contributed by atoms with van der Waals surface area (Å²) in [4.78, 5) is 12.3. The first kappa shape index (κ1) is 18.5. The molecule has 24 heavy (non-hydrogen) atoms. The average molecular weight is 409 g/mol. The minimum atomic E-state index is -0.334. The van der Waals surface area contributed by atoms with Crippen LogP contribution in [0, 0.1) is 5.82 Å². The van der Waals surface area contributed by atoms with Crippen LogP contribution in [0.15, 0.2) is 46.9 Å². The number of halogens is 2. The number of rotatable bonds is 2. The average Bonchev–Trinajstić information content (AvgIpc) is 2.48. The normalized spacial score (nSPS) is 11.0. The van der Waals surface area contributed by atoms with Crippen LogP contribution in [-0.2, 0) is 5.41 Å². The molecule has 0 saturated heterocycles. The van der Waals surface area contributed by atoms with E-state index in [-0.39, 0.29) is 22.3 Å². The Kier molecular flexibility index (Phi) is 5.72. The van der Waals surface area contributed by atoms with Crippen molar-refractivity contribution in [1.29, 1.82) is 0 Å². The molecule has 6 heteroatoms. The van der Waals surface area contributed by atoms with E-state index in [0.29, 0.717) is 11.3 Å². The van der Waals surface area contributed by atoms with E-state index in [0.717, 1.165) is 10.0 Å². The number of benzene rings is 2. The molecule has 2 aromatic rings. The van der Waals surface area contributed by atoms with Gasteiger partial charge in [0, 0.05) is 15.7 Å². The van der Waals surface area contributed by atoms with Gasteiger partial charge in [-0.2, -0.15) is 0 Å². The monoisotopic (exact) mass is 408 g/mol. The van der Waals surface area contributed by atoms with Crippen molar-refractivity contribution in [3.8, 4) is 0 Å². The van der Waals surface area contributed by atoms with E-state index in [1.54, 1.807) is 24.3 Å². The van der Waals surface area contributed by atoms with Gasteiger partial charge in [-0.1, -0.05) is 42.8 Å². The Hall–Kier alpha value is -1.79. The van der Waals surface area contributed by atoms with Crippen LogP contribution in [0.2, 0.25) is 0 Å². The second kappa shape index (κ2) is 7.40. The number of carbonyl (C=O) groups excluding carboxylic acids is 1. The van der Waals surface area contributed by atoms with Crippen molar-refractivity contribution < 1.29 is 9.18 Å². The van der Waals surface area contributed by atoms with Crippen molar-refractivity contribution in [1.82, 2.24) is 5.32 Å². The molecule has 0 aliphatic heterocycles. The highest BCUT2D eigenvalue weighted by Crippen LogP contribution is 2.30. The first-order valence-electron chi connectivity index (χ1n) is 7.35. The number of thiocarbonyl (C=S) groups is 1. The fourth-order valence-electron chi connectivity index (χ4n) is 2.14. The fraction of sp³-hybridized carbons (Fsp3) is 0.222. The van der Waals surface area contributed by atoms with E-state index >= 15 is 0 Å². The van der Waals surface area contributed by atoms with Gasteiger partial charge < -0.3 is 5.32 Å². The Bertz CT molecular complexity index is 770. The molecule has 3 nitrogen and oxygen atoms in total. The van der Waals surface area contributed by atoms with Gasteiger partial charge in [-0.25, -0.2) is 4.39 Å². The molecule has 126 valence electrons. The van der Waals surface area contributed by atoms with Crippen LogP contribution in [0.25, 0.3) is 0 Å². The zero-order valence-corrected chi connectivity index (χ0v) is 16.0. The maximum Gasteiger partial charge on any atom is 0.257 e. The Morgan fingerprint density at radius 2 is 1.75 bits per heavy atom. The van der Waals surface area contributed by atoms with E-state index in [2.05, 4.69) is 47.3 Å². The maximum atomic E-state index is 12.9. The van der Waals surface area contributed by atoms with E-state index in [9.17, 15) is 9.18 Å². The zero-order valence-electron chi connectivity index (χ0n) is 13.6. The second-order valence-electron chi connectivity index (χ2n) is 6.36. The standard InChI is InChI=1S/C18H18BrFN2OS/c1-18(2,3)14-9-4-11(10-15(14)19)16(23)22-17(24)21-13-7-5-12(20)6-8-13/h4-10H,1-3H3,(H2,21,22,23,24). The van der Waals surface area contributed by atoms with Gasteiger partial charge in [0.25, 0.3) is 5.91 Å². The summed E-state index contributed by atoms with van der Waals surface area (Å²) in [5.74, 6) is -0.643. The van der Waals surface area contributed by atoms with E-state index in [4.69, 9.17) is 12.2 Å². The molecule has 2 aromatic carbocycles. The van der Waals surface area contributed by atoms with Crippen LogP contribution in [0.4, 0.5) is 10.1 Å². The quantitative estimate of drug-likeness (QED) is 0.685. The summed E-state index contributed by atoms with van der Waals surface area (Å²) >= 11 is 8.63. The molecule has 1 amide bonds. The first-order valence-corrected chi connectivity index (χ1v) is 8.55. The lowest BCUT2D eigenvalue weighted by Gasteiger charge is -2.21. The number of anilines is 1. The van der Waals surface area contributed by atoms with Gasteiger partial charge in [-0.3, -0.25) is 10.1 Å². The van der Waals surface area contributed by atoms with Crippen molar-refractivity contribution in [3.63, 3.8) is 0 Å². The third kappa shape index (κ3) is 4.85. The molecule has 0 spiro atoms. The number of nitrogens with one attached hydrogen (secondary N) is 2. The van der Waals surface area contributed by atoms with Crippen LogP contribution in [0.3, 0.4) is 0 Å². The highest BCUT2D eigenvalue weighted by Gasteiger charge is 2.18. The predicted molar refractivity (Wildman–Crippen MR) is 103 cm³/mol. The summed E-state index contributed by atoms with van der Waals surface area (Å²) in [5, 5.41) is 5.61. The van der Waals surface area contributed by atoms with Gasteiger partial charge in [-0.15, -0.1) is 0 Å². The number of amides is 1. The first-order chi connectivity index (χ1) is 11.2. The summed E-state index contributed by atoms with van der Waals surface area (Å²) < 4.78 is 13.8. The van der Waals surface area contributed by atoms with Crippen molar-refractivity contribution >= 4 is 44.9 Å². The van der Waals surface area contributed by atoms with E-state index in [1.807, 2.05) is 6.07 Å². The molecule has 0 heterocycles. The van der Waals surface area contributed by atoms with Gasteiger partial charge in [0.05, 0.1) is 0 Å². The molecule has 0 saturated carbocycles. The minimum absolute atomic E-state index is 0.0206. The van der Waals surface area contributed by atoms with Crippen LogP contribution in [-0.4, -0.2) is 11.0 Å². The van der Waals surface area contributed by atoms with Crippen LogP contribution in [0.1, 0.15) is 36.7 Å².